The molecule has 10 heavy (non-hydrogen) atoms. The number of hydrogen-bond donors (Lipinski definition) is 1. The maximum Gasteiger partial charge on any atom is 0.144 e. The summed E-state index contributed by atoms with van der Waals surface area (Å²) in [7, 11) is 0. The predicted octanol–water partition coefficient (Wildman–Crippen LogP) is -0.244. The Labute approximate surface area is 59.3 Å². The molecule has 4 heteroatoms. The third-order valence-corrected chi connectivity index (χ3v) is 1.67. The lowest BCUT2D eigenvalue weighted by Gasteiger charge is -2.19. The molecule has 0 fully saturated rings. The lowest BCUT2D eigenvalue weighted by Crippen LogP contribution is -2.32. The van der Waals surface area contributed by atoms with Gasteiger partial charge in [-0.05, 0) is 6.92 Å². The van der Waals surface area contributed by atoms with E-state index in [1.54, 1.807) is 6.33 Å². The van der Waals surface area contributed by atoms with E-state index in [4.69, 9.17) is 0 Å². The Morgan fingerprint density at radius 2 is 2.70 bits per heavy atom. The highest BCUT2D eigenvalue weighted by Gasteiger charge is 2.16. The third kappa shape index (κ3) is 0.724. The Balaban J connectivity index is 2.41. The summed E-state index contributed by atoms with van der Waals surface area (Å²) >= 11 is 0. The molecular weight excluding hydrogens is 128 g/mol. The highest BCUT2D eigenvalue weighted by molar-refractivity contribution is 4.98. The summed E-state index contributed by atoms with van der Waals surface area (Å²) in [6, 6.07) is 0.108. The second-order valence-electron chi connectivity index (χ2n) is 2.35. The number of aromatic nitrogens is 3. The Bertz CT molecular complexity index is 229. The van der Waals surface area contributed by atoms with Crippen molar-refractivity contribution in [2.45, 2.75) is 12.6 Å². The molecule has 0 aromatic carbocycles. The molecule has 0 saturated carbocycles. The van der Waals surface area contributed by atoms with Crippen LogP contribution in [-0.4, -0.2) is 21.3 Å². The van der Waals surface area contributed by atoms with Crippen LogP contribution in [0.15, 0.2) is 6.33 Å². The number of fused-ring (bicyclic) bond motifs is 1. The molecule has 1 unspecified atom stereocenters. The highest BCUT2D eigenvalue weighted by atomic mass is 15.4. The van der Waals surface area contributed by atoms with Gasteiger partial charge in [0, 0.05) is 6.54 Å². The average molecular weight is 137 g/mol. The summed E-state index contributed by atoms with van der Waals surface area (Å²) in [4.78, 5) is 4.06. The van der Waals surface area contributed by atoms with Crippen LogP contribution < -0.4 is 5.32 Å². The monoisotopic (exact) mass is 137 g/mol. The first-order chi connectivity index (χ1) is 4.88. The van der Waals surface area contributed by atoms with Crippen molar-refractivity contribution in [1.29, 1.82) is 0 Å². The second kappa shape index (κ2) is 2.05. The van der Waals surface area contributed by atoms with Gasteiger partial charge in [-0.25, -0.2) is 9.67 Å². The van der Waals surface area contributed by atoms with Gasteiger partial charge < -0.3 is 5.32 Å². The van der Waals surface area contributed by atoms with Gasteiger partial charge in [-0.2, -0.15) is 5.10 Å². The van der Waals surface area contributed by atoms with Gasteiger partial charge in [-0.15, -0.1) is 0 Å². The SMILES string of the molecule is [CH2]C1NCCn2ncnc21. The zero-order valence-electron chi connectivity index (χ0n) is 5.62. The van der Waals surface area contributed by atoms with Crippen molar-refractivity contribution in [2.75, 3.05) is 6.54 Å². The van der Waals surface area contributed by atoms with E-state index in [0.29, 0.717) is 0 Å². The van der Waals surface area contributed by atoms with Gasteiger partial charge in [0.2, 0.25) is 0 Å². The topological polar surface area (TPSA) is 42.7 Å². The first-order valence-corrected chi connectivity index (χ1v) is 3.32. The van der Waals surface area contributed by atoms with Crippen molar-refractivity contribution in [3.05, 3.63) is 19.1 Å². The fourth-order valence-corrected chi connectivity index (χ4v) is 1.15. The van der Waals surface area contributed by atoms with Crippen LogP contribution in [0.1, 0.15) is 11.9 Å². The summed E-state index contributed by atoms with van der Waals surface area (Å²) in [6.45, 7) is 5.72. The summed E-state index contributed by atoms with van der Waals surface area (Å²) < 4.78 is 1.88. The van der Waals surface area contributed by atoms with Gasteiger partial charge in [0.25, 0.3) is 0 Å². The summed E-state index contributed by atoms with van der Waals surface area (Å²) in [6.07, 6.45) is 1.57. The van der Waals surface area contributed by atoms with Crippen molar-refractivity contribution in [3.8, 4) is 0 Å². The van der Waals surface area contributed by atoms with Crippen LogP contribution >= 0.6 is 0 Å². The zero-order valence-corrected chi connectivity index (χ0v) is 5.62. The van der Waals surface area contributed by atoms with Crippen molar-refractivity contribution >= 4 is 0 Å². The minimum Gasteiger partial charge on any atom is -0.305 e. The van der Waals surface area contributed by atoms with Gasteiger partial charge in [0.1, 0.15) is 12.2 Å². The van der Waals surface area contributed by atoms with E-state index in [0.717, 1.165) is 18.9 Å². The van der Waals surface area contributed by atoms with Crippen molar-refractivity contribution in [2.24, 2.45) is 0 Å². The first-order valence-electron chi connectivity index (χ1n) is 3.32. The summed E-state index contributed by atoms with van der Waals surface area (Å²) in [5, 5.41) is 7.22. The van der Waals surface area contributed by atoms with Crippen molar-refractivity contribution in [1.82, 2.24) is 20.1 Å². The van der Waals surface area contributed by atoms with Gasteiger partial charge in [0.05, 0.1) is 12.6 Å². The van der Waals surface area contributed by atoms with Gasteiger partial charge >= 0.3 is 0 Å². The first kappa shape index (κ1) is 5.85. The van der Waals surface area contributed by atoms with Crippen molar-refractivity contribution in [3.63, 3.8) is 0 Å². The largest absolute Gasteiger partial charge is 0.305 e. The Kier molecular flexibility index (Phi) is 1.20. The Morgan fingerprint density at radius 3 is 3.50 bits per heavy atom. The molecule has 2 heterocycles. The fraction of sp³-hybridized carbons (Fsp3) is 0.500. The molecule has 0 spiro atoms. The molecule has 0 aliphatic carbocycles. The predicted molar refractivity (Wildman–Crippen MR) is 36.1 cm³/mol. The number of hydrogen-bond acceptors (Lipinski definition) is 3. The van der Waals surface area contributed by atoms with E-state index < -0.39 is 0 Å². The molecule has 2 rings (SSSR count). The molecule has 0 amide bonds. The van der Waals surface area contributed by atoms with Gasteiger partial charge in [0.15, 0.2) is 0 Å². The van der Waals surface area contributed by atoms with Gasteiger partial charge in [-0.3, -0.25) is 0 Å². The van der Waals surface area contributed by atoms with Crippen LogP contribution in [0.3, 0.4) is 0 Å². The molecule has 0 bridgehead atoms. The van der Waals surface area contributed by atoms with Crippen LogP contribution in [0.4, 0.5) is 0 Å². The average Bonchev–Trinajstić information content (AvgIpc) is 2.36. The molecule has 1 aromatic heterocycles. The number of rotatable bonds is 0. The number of nitrogens with one attached hydrogen (secondary N) is 1. The number of nitrogens with zero attached hydrogens (tertiary/aromatic N) is 3. The molecule has 1 aliphatic rings. The smallest absolute Gasteiger partial charge is 0.144 e. The second-order valence-corrected chi connectivity index (χ2v) is 2.35. The van der Waals surface area contributed by atoms with Crippen LogP contribution in [0, 0.1) is 6.92 Å². The molecule has 4 nitrogen and oxygen atoms in total. The third-order valence-electron chi connectivity index (χ3n) is 1.67. The lowest BCUT2D eigenvalue weighted by molar-refractivity contribution is 0.432. The van der Waals surface area contributed by atoms with Crippen LogP contribution in [0.5, 0.6) is 0 Å². The van der Waals surface area contributed by atoms with E-state index in [1.807, 2.05) is 4.68 Å². The minimum atomic E-state index is 0.108. The van der Waals surface area contributed by atoms with E-state index in [1.165, 1.54) is 0 Å². The maximum atomic E-state index is 4.06. The maximum absolute atomic E-state index is 4.06. The van der Waals surface area contributed by atoms with E-state index >= 15 is 0 Å². The van der Waals surface area contributed by atoms with Crippen LogP contribution in [-0.2, 0) is 6.54 Å². The Morgan fingerprint density at radius 1 is 1.80 bits per heavy atom. The normalized spacial score (nSPS) is 24.3. The molecule has 0 saturated heterocycles. The lowest BCUT2D eigenvalue weighted by atomic mass is 10.3. The fourth-order valence-electron chi connectivity index (χ4n) is 1.15. The molecule has 1 aromatic rings. The summed E-state index contributed by atoms with van der Waals surface area (Å²) in [5.41, 5.74) is 0. The van der Waals surface area contributed by atoms with Crippen LogP contribution in [0.25, 0.3) is 0 Å². The highest BCUT2D eigenvalue weighted by Crippen LogP contribution is 2.10. The molecule has 1 aliphatic heterocycles. The quantitative estimate of drug-likeness (QED) is 0.536. The van der Waals surface area contributed by atoms with E-state index in [9.17, 15) is 0 Å². The van der Waals surface area contributed by atoms with Crippen LogP contribution in [0.2, 0.25) is 0 Å². The minimum absolute atomic E-state index is 0.108. The molecule has 53 valence electrons. The zero-order chi connectivity index (χ0) is 6.97. The Hall–Kier alpha value is -0.900. The van der Waals surface area contributed by atoms with Gasteiger partial charge in [-0.1, -0.05) is 0 Å². The standard InChI is InChI=1S/C6H9N4/c1-5-6-8-4-9-10(6)3-2-7-5/h4-5,7H,1-3H2. The summed E-state index contributed by atoms with van der Waals surface area (Å²) in [5.74, 6) is 0.936. The molecule has 1 N–H and O–H groups in total. The molecule has 1 atom stereocenters. The molecular formula is C6H9N4. The molecule has 1 radical (unpaired) electrons. The van der Waals surface area contributed by atoms with E-state index in [2.05, 4.69) is 22.3 Å². The van der Waals surface area contributed by atoms with Crippen molar-refractivity contribution < 1.29 is 0 Å². The van der Waals surface area contributed by atoms with E-state index in [-0.39, 0.29) is 6.04 Å².